The minimum absolute atomic E-state index is 0.0165. The first-order valence-electron chi connectivity index (χ1n) is 10.2. The van der Waals surface area contributed by atoms with Crippen molar-refractivity contribution in [1.29, 1.82) is 0 Å². The molecule has 156 valence electrons. The zero-order chi connectivity index (χ0) is 22.1. The molecule has 5 rings (SSSR count). The molecular weight excluding hydrogens is 402 g/mol. The summed E-state index contributed by atoms with van der Waals surface area (Å²) in [6.07, 6.45) is 0. The largest absolute Gasteiger partial charge is 0.507 e. The number of phenols is 1. The fraction of sp³-hybridized carbons (Fsp3) is 0.0370. The lowest BCUT2D eigenvalue weighted by atomic mass is 9.92. The number of rotatable bonds is 5. The van der Waals surface area contributed by atoms with Gasteiger partial charge in [-0.1, -0.05) is 72.8 Å². The molecule has 0 heterocycles. The summed E-state index contributed by atoms with van der Waals surface area (Å²) in [7, 11) is 0. The third kappa shape index (κ3) is 3.40. The number of nitro groups is 1. The molecule has 0 atom stereocenters. The van der Waals surface area contributed by atoms with Gasteiger partial charge in [0.1, 0.15) is 18.1 Å². The zero-order valence-electron chi connectivity index (χ0n) is 17.1. The van der Waals surface area contributed by atoms with Crippen LogP contribution in [0, 0.1) is 10.1 Å². The molecule has 0 saturated heterocycles. The van der Waals surface area contributed by atoms with Crippen molar-refractivity contribution in [2.24, 2.45) is 0 Å². The molecule has 0 fully saturated rings. The van der Waals surface area contributed by atoms with Crippen LogP contribution in [0.25, 0.3) is 32.7 Å². The molecule has 0 aliphatic carbocycles. The van der Waals surface area contributed by atoms with Gasteiger partial charge in [-0.25, -0.2) is 0 Å². The number of hydrogen-bond donors (Lipinski definition) is 1. The van der Waals surface area contributed by atoms with Gasteiger partial charge in [0.25, 0.3) is 5.69 Å². The summed E-state index contributed by atoms with van der Waals surface area (Å²) in [5.74, 6) is 0.698. The number of hydrogen-bond acceptors (Lipinski definition) is 4. The number of nitrogens with zero attached hydrogens (tertiary/aromatic N) is 1. The molecule has 5 aromatic rings. The SMILES string of the molecule is O=[N+]([O-])c1ccccc1COc1ccc2ccccc2c1-c1c(O)ccc2ccccc12. The molecule has 5 heteroatoms. The van der Waals surface area contributed by atoms with E-state index in [0.29, 0.717) is 16.9 Å². The number of ether oxygens (including phenoxy) is 1. The lowest BCUT2D eigenvalue weighted by molar-refractivity contribution is -0.385. The quantitative estimate of drug-likeness (QED) is 0.249. The fourth-order valence-electron chi connectivity index (χ4n) is 4.12. The molecule has 5 aromatic carbocycles. The van der Waals surface area contributed by atoms with Gasteiger partial charge in [-0.15, -0.1) is 0 Å². The molecular formula is C27H19NO4. The highest BCUT2D eigenvalue weighted by Crippen LogP contribution is 2.45. The highest BCUT2D eigenvalue weighted by molar-refractivity contribution is 6.09. The van der Waals surface area contributed by atoms with E-state index < -0.39 is 4.92 Å². The summed E-state index contributed by atoms with van der Waals surface area (Å²) in [6, 6.07) is 29.7. The van der Waals surface area contributed by atoms with Crippen LogP contribution in [0.1, 0.15) is 5.56 Å². The van der Waals surface area contributed by atoms with Gasteiger partial charge >= 0.3 is 0 Å². The Morgan fingerprint density at radius 1 is 0.719 bits per heavy atom. The fourth-order valence-corrected chi connectivity index (χ4v) is 4.12. The summed E-state index contributed by atoms with van der Waals surface area (Å²) in [5.41, 5.74) is 1.94. The van der Waals surface area contributed by atoms with Gasteiger partial charge in [-0.05, 0) is 39.7 Å². The number of aromatic hydroxyl groups is 1. The van der Waals surface area contributed by atoms with E-state index in [2.05, 4.69) is 0 Å². The molecule has 32 heavy (non-hydrogen) atoms. The van der Waals surface area contributed by atoms with Crippen molar-refractivity contribution in [2.45, 2.75) is 6.61 Å². The van der Waals surface area contributed by atoms with Gasteiger partial charge in [0.05, 0.1) is 10.5 Å². The topological polar surface area (TPSA) is 72.6 Å². The van der Waals surface area contributed by atoms with Gasteiger partial charge in [-0.2, -0.15) is 0 Å². The minimum Gasteiger partial charge on any atom is -0.507 e. The normalized spacial score (nSPS) is 11.0. The second kappa shape index (κ2) is 8.04. The molecule has 0 aromatic heterocycles. The monoisotopic (exact) mass is 421 g/mol. The predicted molar refractivity (Wildman–Crippen MR) is 126 cm³/mol. The summed E-state index contributed by atoms with van der Waals surface area (Å²) >= 11 is 0. The first kappa shape index (κ1) is 19.6. The van der Waals surface area contributed by atoms with E-state index in [9.17, 15) is 15.2 Å². The Labute approximate surface area is 184 Å². The van der Waals surface area contributed by atoms with Crippen LogP contribution in [0.4, 0.5) is 5.69 Å². The number of nitro benzene ring substituents is 1. The molecule has 1 N–H and O–H groups in total. The zero-order valence-corrected chi connectivity index (χ0v) is 17.1. The smallest absolute Gasteiger partial charge is 0.276 e. The molecule has 0 amide bonds. The molecule has 0 spiro atoms. The molecule has 0 aliphatic heterocycles. The third-order valence-corrected chi connectivity index (χ3v) is 5.62. The van der Waals surface area contributed by atoms with Crippen molar-refractivity contribution in [2.75, 3.05) is 0 Å². The van der Waals surface area contributed by atoms with E-state index in [-0.39, 0.29) is 18.0 Å². The van der Waals surface area contributed by atoms with Crippen LogP contribution < -0.4 is 4.74 Å². The number of benzene rings is 5. The van der Waals surface area contributed by atoms with E-state index in [0.717, 1.165) is 27.1 Å². The van der Waals surface area contributed by atoms with Crippen LogP contribution in [-0.2, 0) is 6.61 Å². The average Bonchev–Trinajstić information content (AvgIpc) is 2.83. The molecule has 0 bridgehead atoms. The van der Waals surface area contributed by atoms with Crippen molar-refractivity contribution >= 4 is 27.2 Å². The number of phenolic OH excluding ortho intramolecular Hbond substituents is 1. The second-order valence-electron chi connectivity index (χ2n) is 7.52. The van der Waals surface area contributed by atoms with Crippen LogP contribution >= 0.6 is 0 Å². The van der Waals surface area contributed by atoms with E-state index >= 15 is 0 Å². The van der Waals surface area contributed by atoms with Gasteiger partial charge in [-0.3, -0.25) is 10.1 Å². The molecule has 0 unspecified atom stereocenters. The Bertz CT molecular complexity index is 1480. The maximum Gasteiger partial charge on any atom is 0.276 e. The Morgan fingerprint density at radius 3 is 2.03 bits per heavy atom. The predicted octanol–water partition coefficient (Wildman–Crippen LogP) is 6.85. The van der Waals surface area contributed by atoms with Crippen LogP contribution in [-0.4, -0.2) is 10.0 Å². The van der Waals surface area contributed by atoms with Crippen LogP contribution in [0.5, 0.6) is 11.5 Å². The first-order valence-corrected chi connectivity index (χ1v) is 10.2. The van der Waals surface area contributed by atoms with E-state index in [1.807, 2.05) is 66.7 Å². The Morgan fingerprint density at radius 2 is 1.31 bits per heavy atom. The van der Waals surface area contributed by atoms with Gasteiger partial charge in [0.15, 0.2) is 0 Å². The Hall–Kier alpha value is -4.38. The number of para-hydroxylation sites is 1. The van der Waals surface area contributed by atoms with Crippen molar-refractivity contribution in [3.05, 3.63) is 113 Å². The summed E-state index contributed by atoms with van der Waals surface area (Å²) in [4.78, 5) is 11.0. The summed E-state index contributed by atoms with van der Waals surface area (Å²) < 4.78 is 6.16. The van der Waals surface area contributed by atoms with Crippen molar-refractivity contribution in [3.8, 4) is 22.6 Å². The second-order valence-corrected chi connectivity index (χ2v) is 7.52. The first-order chi connectivity index (χ1) is 15.6. The molecule has 0 aliphatic rings. The maximum atomic E-state index is 11.4. The number of fused-ring (bicyclic) bond motifs is 2. The highest BCUT2D eigenvalue weighted by Gasteiger charge is 2.19. The van der Waals surface area contributed by atoms with Gasteiger partial charge < -0.3 is 9.84 Å². The minimum atomic E-state index is -0.406. The lowest BCUT2D eigenvalue weighted by Gasteiger charge is -2.17. The average molecular weight is 421 g/mol. The lowest BCUT2D eigenvalue weighted by Crippen LogP contribution is -2.01. The van der Waals surface area contributed by atoms with E-state index in [4.69, 9.17) is 4.74 Å². The van der Waals surface area contributed by atoms with Crippen LogP contribution in [0.3, 0.4) is 0 Å². The summed E-state index contributed by atoms with van der Waals surface area (Å²) in [5, 5.41) is 26.1. The van der Waals surface area contributed by atoms with Gasteiger partial charge in [0.2, 0.25) is 0 Å². The van der Waals surface area contributed by atoms with Crippen LogP contribution in [0.2, 0.25) is 0 Å². The highest BCUT2D eigenvalue weighted by atomic mass is 16.6. The molecule has 0 radical (unpaired) electrons. The Kier molecular flexibility index (Phi) is 4.92. The molecule has 5 nitrogen and oxygen atoms in total. The third-order valence-electron chi connectivity index (χ3n) is 5.62. The molecule has 0 saturated carbocycles. The van der Waals surface area contributed by atoms with Crippen molar-refractivity contribution in [3.63, 3.8) is 0 Å². The van der Waals surface area contributed by atoms with E-state index in [1.54, 1.807) is 24.3 Å². The van der Waals surface area contributed by atoms with Crippen LogP contribution in [0.15, 0.2) is 97.1 Å². The van der Waals surface area contributed by atoms with Gasteiger partial charge in [0, 0.05) is 17.2 Å². The maximum absolute atomic E-state index is 11.4. The van der Waals surface area contributed by atoms with Crippen molar-refractivity contribution in [1.82, 2.24) is 0 Å². The van der Waals surface area contributed by atoms with Crippen molar-refractivity contribution < 1.29 is 14.8 Å². The van der Waals surface area contributed by atoms with E-state index in [1.165, 1.54) is 6.07 Å². The standard InChI is InChI=1S/C27H19NO4/c29-24-15-13-18-7-1-4-10-21(18)26(24)27-22-11-5-2-8-19(22)14-16-25(27)32-17-20-9-3-6-12-23(20)28(30)31/h1-16,29H,17H2. The Balaban J connectivity index is 1.71. The summed E-state index contributed by atoms with van der Waals surface area (Å²) in [6.45, 7) is 0.0357.